The van der Waals surface area contributed by atoms with E-state index in [0.717, 1.165) is 34.3 Å². The Morgan fingerprint density at radius 3 is 2.95 bits per heavy atom. The maximum absolute atomic E-state index is 13.2. The normalized spacial score (nSPS) is 14.2. The maximum atomic E-state index is 13.2. The van der Waals surface area contributed by atoms with Gasteiger partial charge in [-0.05, 0) is 41.0 Å². The highest BCUT2D eigenvalue weighted by Crippen LogP contribution is 2.24. The second-order valence-electron chi connectivity index (χ2n) is 4.89. The van der Waals surface area contributed by atoms with Crippen LogP contribution in [0.1, 0.15) is 16.7 Å². The lowest BCUT2D eigenvalue weighted by molar-refractivity contribution is 0.624. The molecule has 3 aromatic rings. The van der Waals surface area contributed by atoms with Crippen molar-refractivity contribution < 1.29 is 4.39 Å². The predicted octanol–water partition coefficient (Wildman–Crippen LogP) is 3.98. The van der Waals surface area contributed by atoms with Crippen LogP contribution in [0.25, 0.3) is 10.2 Å². The van der Waals surface area contributed by atoms with Crippen LogP contribution in [0, 0.1) is 5.82 Å². The first kappa shape index (κ1) is 11.7. The van der Waals surface area contributed by atoms with Crippen LogP contribution in [0.5, 0.6) is 0 Å². The molecule has 0 aliphatic carbocycles. The molecule has 2 heterocycles. The van der Waals surface area contributed by atoms with Crippen LogP contribution < -0.4 is 0 Å². The van der Waals surface area contributed by atoms with Gasteiger partial charge in [0, 0.05) is 12.1 Å². The van der Waals surface area contributed by atoms with Gasteiger partial charge in [-0.3, -0.25) is 4.99 Å². The second kappa shape index (κ2) is 4.49. The molecule has 1 aromatic heterocycles. The number of nitrogens with zero attached hydrogens (tertiary/aromatic N) is 2. The molecular weight excluding hydrogens is 271 g/mol. The average Bonchev–Trinajstić information content (AvgIpc) is 2.94. The molecule has 2 nitrogen and oxygen atoms in total. The molecule has 20 heavy (non-hydrogen) atoms. The van der Waals surface area contributed by atoms with Gasteiger partial charge in [-0.1, -0.05) is 12.1 Å². The lowest BCUT2D eigenvalue weighted by Gasteiger charge is -2.16. The molecule has 0 amide bonds. The van der Waals surface area contributed by atoms with Crippen LogP contribution in [0.15, 0.2) is 46.9 Å². The number of halogens is 1. The van der Waals surface area contributed by atoms with Crippen molar-refractivity contribution in [3.8, 4) is 0 Å². The van der Waals surface area contributed by atoms with Crippen molar-refractivity contribution in [3.63, 3.8) is 0 Å². The number of hydrogen-bond donors (Lipinski definition) is 0. The number of aromatic nitrogens is 1. The fraction of sp³-hybridized carbons (Fsp3) is 0.125. The molecule has 2 aromatic carbocycles. The smallest absolute Gasteiger partial charge is 0.123 e. The van der Waals surface area contributed by atoms with Gasteiger partial charge in [0.15, 0.2) is 0 Å². The van der Waals surface area contributed by atoms with Crippen molar-refractivity contribution in [2.45, 2.75) is 13.0 Å². The number of benzene rings is 2. The van der Waals surface area contributed by atoms with Crippen LogP contribution in [0.3, 0.4) is 0 Å². The topological polar surface area (TPSA) is 25.2 Å². The quantitative estimate of drug-likeness (QED) is 0.662. The summed E-state index contributed by atoms with van der Waals surface area (Å²) in [4.78, 5) is 8.94. The van der Waals surface area contributed by atoms with E-state index in [9.17, 15) is 4.39 Å². The van der Waals surface area contributed by atoms with Gasteiger partial charge in [0.1, 0.15) is 5.82 Å². The summed E-state index contributed by atoms with van der Waals surface area (Å²) >= 11 is 1.64. The third-order valence-electron chi connectivity index (χ3n) is 3.63. The van der Waals surface area contributed by atoms with Gasteiger partial charge in [-0.15, -0.1) is 11.3 Å². The number of rotatable bonds is 1. The second-order valence-corrected chi connectivity index (χ2v) is 5.77. The number of hydrogen-bond acceptors (Lipinski definition) is 3. The lowest BCUT2D eigenvalue weighted by atomic mass is 9.95. The van der Waals surface area contributed by atoms with Crippen molar-refractivity contribution in [1.29, 1.82) is 0 Å². The Morgan fingerprint density at radius 2 is 2.00 bits per heavy atom. The van der Waals surface area contributed by atoms with Crippen LogP contribution >= 0.6 is 11.3 Å². The summed E-state index contributed by atoms with van der Waals surface area (Å²) < 4.78 is 14.4. The molecule has 0 unspecified atom stereocenters. The molecule has 0 fully saturated rings. The van der Waals surface area contributed by atoms with E-state index in [4.69, 9.17) is 0 Å². The Hall–Kier alpha value is -2.07. The Labute approximate surface area is 119 Å². The van der Waals surface area contributed by atoms with E-state index in [1.807, 2.05) is 11.6 Å². The maximum Gasteiger partial charge on any atom is 0.123 e. The van der Waals surface area contributed by atoms with Gasteiger partial charge in [-0.2, -0.15) is 0 Å². The first-order chi connectivity index (χ1) is 9.79. The van der Waals surface area contributed by atoms with E-state index in [1.165, 1.54) is 10.8 Å². The van der Waals surface area contributed by atoms with Crippen molar-refractivity contribution >= 4 is 27.3 Å². The number of thiazole rings is 1. The predicted molar refractivity (Wildman–Crippen MR) is 80.0 cm³/mol. The van der Waals surface area contributed by atoms with Crippen molar-refractivity contribution in [2.24, 2.45) is 4.99 Å². The minimum Gasteiger partial charge on any atom is -0.284 e. The fourth-order valence-electron chi connectivity index (χ4n) is 2.56. The first-order valence-electron chi connectivity index (χ1n) is 6.44. The monoisotopic (exact) mass is 282 g/mol. The molecule has 4 heteroatoms. The van der Waals surface area contributed by atoms with Crippen molar-refractivity contribution in [3.05, 3.63) is 64.4 Å². The van der Waals surface area contributed by atoms with E-state index in [0.29, 0.717) is 6.54 Å². The molecule has 98 valence electrons. The van der Waals surface area contributed by atoms with Gasteiger partial charge in [0.05, 0.1) is 22.3 Å². The fourth-order valence-corrected chi connectivity index (χ4v) is 3.22. The van der Waals surface area contributed by atoms with Crippen molar-refractivity contribution in [2.75, 3.05) is 0 Å². The zero-order valence-corrected chi connectivity index (χ0v) is 11.5. The number of fused-ring (bicyclic) bond motifs is 2. The summed E-state index contributed by atoms with van der Waals surface area (Å²) in [7, 11) is 0. The third-order valence-corrected chi connectivity index (χ3v) is 4.44. The standard InChI is InChI=1S/C16H11FN2S/c17-13-3-1-10-6-14(18-8-12(10)5-13)11-2-4-16-15(7-11)19-9-20-16/h1-5,7,9H,6,8H2. The van der Waals surface area contributed by atoms with Crippen LogP contribution in [0.4, 0.5) is 4.39 Å². The van der Waals surface area contributed by atoms with Gasteiger partial charge in [0.2, 0.25) is 0 Å². The first-order valence-corrected chi connectivity index (χ1v) is 7.32. The Kier molecular flexibility index (Phi) is 2.63. The van der Waals surface area contributed by atoms with Crippen LogP contribution in [-0.2, 0) is 13.0 Å². The van der Waals surface area contributed by atoms with E-state index >= 15 is 0 Å². The average molecular weight is 282 g/mol. The molecule has 1 aliphatic heterocycles. The SMILES string of the molecule is Fc1ccc2c(c1)CN=C(c1ccc3scnc3c1)C2. The minimum absolute atomic E-state index is 0.189. The van der Waals surface area contributed by atoms with E-state index in [1.54, 1.807) is 17.4 Å². The van der Waals surface area contributed by atoms with Gasteiger partial charge in [0.25, 0.3) is 0 Å². The minimum atomic E-state index is -0.189. The lowest BCUT2D eigenvalue weighted by Crippen LogP contribution is -2.13. The van der Waals surface area contributed by atoms with Crippen LogP contribution in [-0.4, -0.2) is 10.7 Å². The van der Waals surface area contributed by atoms with Crippen LogP contribution in [0.2, 0.25) is 0 Å². The molecule has 0 spiro atoms. The largest absolute Gasteiger partial charge is 0.284 e. The zero-order valence-electron chi connectivity index (χ0n) is 10.6. The highest BCUT2D eigenvalue weighted by Gasteiger charge is 2.15. The van der Waals surface area contributed by atoms with E-state index in [-0.39, 0.29) is 5.82 Å². The van der Waals surface area contributed by atoms with E-state index < -0.39 is 0 Å². The summed E-state index contributed by atoms with van der Waals surface area (Å²) in [6.07, 6.45) is 0.755. The van der Waals surface area contributed by atoms with Gasteiger partial charge in [-0.25, -0.2) is 9.37 Å². The molecule has 0 radical (unpaired) electrons. The van der Waals surface area contributed by atoms with Gasteiger partial charge >= 0.3 is 0 Å². The molecule has 0 N–H and O–H groups in total. The number of aliphatic imine (C=N–C) groups is 1. The molecule has 0 saturated carbocycles. The highest BCUT2D eigenvalue weighted by atomic mass is 32.1. The summed E-state index contributed by atoms with van der Waals surface area (Å²) in [5.74, 6) is -0.189. The van der Waals surface area contributed by atoms with Crippen molar-refractivity contribution in [1.82, 2.24) is 4.98 Å². The van der Waals surface area contributed by atoms with Gasteiger partial charge < -0.3 is 0 Å². The highest BCUT2D eigenvalue weighted by molar-refractivity contribution is 7.16. The summed E-state index contributed by atoms with van der Waals surface area (Å²) in [5, 5.41) is 0. The Morgan fingerprint density at radius 1 is 1.05 bits per heavy atom. The molecule has 0 bridgehead atoms. The van der Waals surface area contributed by atoms with E-state index in [2.05, 4.69) is 28.2 Å². The summed E-state index contributed by atoms with van der Waals surface area (Å²) in [6, 6.07) is 11.2. The molecule has 0 atom stereocenters. The Balaban J connectivity index is 1.73. The molecule has 0 saturated heterocycles. The zero-order chi connectivity index (χ0) is 13.5. The molecule has 1 aliphatic rings. The summed E-state index contributed by atoms with van der Waals surface area (Å²) in [6.45, 7) is 0.553. The summed E-state index contributed by atoms with van der Waals surface area (Å²) in [5.41, 5.74) is 7.19. The third kappa shape index (κ3) is 1.93. The molecular formula is C16H11FN2S. The Bertz CT molecular complexity index is 835. The molecule has 4 rings (SSSR count).